The number of nitrogens with zero attached hydrogens (tertiary/aromatic N) is 5. The van der Waals surface area contributed by atoms with Gasteiger partial charge in [0, 0.05) is 45.3 Å². The Morgan fingerprint density at radius 2 is 1.36 bits per heavy atom. The van der Waals surface area contributed by atoms with Crippen LogP contribution in [0.3, 0.4) is 0 Å². The van der Waals surface area contributed by atoms with E-state index in [4.69, 9.17) is 5.14 Å². The van der Waals surface area contributed by atoms with Gasteiger partial charge in [0.25, 0.3) is 0 Å². The highest BCUT2D eigenvalue weighted by Gasteiger charge is 2.24. The van der Waals surface area contributed by atoms with Crippen LogP contribution >= 0.6 is 0 Å². The first-order valence-corrected chi connectivity index (χ1v) is 11.3. The van der Waals surface area contributed by atoms with Crippen molar-refractivity contribution in [3.63, 3.8) is 0 Å². The molecule has 2 saturated heterocycles. The summed E-state index contributed by atoms with van der Waals surface area (Å²) in [5, 5.41) is 5.38. The minimum absolute atomic E-state index is 0.179. The van der Waals surface area contributed by atoms with Crippen LogP contribution in [-0.2, 0) is 10.0 Å². The summed E-state index contributed by atoms with van der Waals surface area (Å²) in [5.41, 5.74) is 0.668. The zero-order valence-corrected chi connectivity index (χ0v) is 16.7. The molecule has 8 nitrogen and oxygen atoms in total. The number of hydrogen-bond acceptors (Lipinski definition) is 7. The second-order valence-corrected chi connectivity index (χ2v) is 8.80. The molecule has 0 aliphatic carbocycles. The van der Waals surface area contributed by atoms with E-state index in [2.05, 4.69) is 30.7 Å². The van der Waals surface area contributed by atoms with E-state index in [0.29, 0.717) is 18.8 Å². The molecule has 9 heteroatoms. The highest BCUT2D eigenvalue weighted by atomic mass is 32.2. The minimum atomic E-state index is -3.75. The Morgan fingerprint density at radius 1 is 0.786 bits per heavy atom. The molecule has 0 atom stereocenters. The lowest BCUT2D eigenvalue weighted by Crippen LogP contribution is -2.47. The number of para-hydroxylation sites is 1. The molecule has 28 heavy (non-hydrogen) atoms. The summed E-state index contributed by atoms with van der Waals surface area (Å²) in [5.74, 6) is 1.92. The second kappa shape index (κ2) is 7.92. The van der Waals surface area contributed by atoms with Crippen molar-refractivity contribution >= 4 is 27.3 Å². The number of aromatic nitrogens is 2. The fourth-order valence-electron chi connectivity index (χ4n) is 3.94. The number of benzene rings is 1. The molecule has 2 aromatic rings. The van der Waals surface area contributed by atoms with E-state index in [1.807, 2.05) is 12.1 Å². The summed E-state index contributed by atoms with van der Waals surface area (Å²) in [6.07, 6.45) is 5.35. The number of anilines is 3. The van der Waals surface area contributed by atoms with Crippen LogP contribution in [0.25, 0.3) is 0 Å². The first-order chi connectivity index (χ1) is 13.5. The Kier molecular flexibility index (Phi) is 5.36. The van der Waals surface area contributed by atoms with Gasteiger partial charge >= 0.3 is 0 Å². The molecule has 3 heterocycles. The smallest absolute Gasteiger partial charge is 0.240 e. The van der Waals surface area contributed by atoms with Gasteiger partial charge in [0.2, 0.25) is 10.0 Å². The number of hydrogen-bond donors (Lipinski definition) is 1. The van der Waals surface area contributed by atoms with Gasteiger partial charge in [0.1, 0.15) is 22.9 Å². The van der Waals surface area contributed by atoms with Gasteiger partial charge in [-0.25, -0.2) is 23.5 Å². The molecule has 0 spiro atoms. The molecule has 1 aromatic carbocycles. The number of piperidine rings is 1. The monoisotopic (exact) mass is 402 g/mol. The van der Waals surface area contributed by atoms with Gasteiger partial charge in [0.15, 0.2) is 0 Å². The molecule has 2 aliphatic heterocycles. The van der Waals surface area contributed by atoms with Crippen LogP contribution in [0.2, 0.25) is 0 Å². The van der Waals surface area contributed by atoms with E-state index in [9.17, 15) is 8.42 Å². The normalized spacial score (nSPS) is 18.4. The Hall–Kier alpha value is -2.39. The third kappa shape index (κ3) is 4.05. The molecule has 4 rings (SSSR count). The fraction of sp³-hybridized carbons (Fsp3) is 0.474. The summed E-state index contributed by atoms with van der Waals surface area (Å²) in [6, 6.07) is 8.98. The van der Waals surface area contributed by atoms with Gasteiger partial charge in [-0.2, -0.15) is 0 Å². The molecule has 2 N–H and O–H groups in total. The van der Waals surface area contributed by atoms with Crippen molar-refractivity contribution in [3.8, 4) is 0 Å². The number of nitrogens with two attached hydrogens (primary N) is 1. The maximum absolute atomic E-state index is 11.9. The summed E-state index contributed by atoms with van der Waals surface area (Å²) < 4.78 is 23.8. The van der Waals surface area contributed by atoms with Crippen molar-refractivity contribution in [2.75, 3.05) is 54.0 Å². The van der Waals surface area contributed by atoms with Gasteiger partial charge in [0.05, 0.1) is 5.69 Å². The molecule has 1 aromatic heterocycles. The molecule has 0 amide bonds. The number of primary sulfonamides is 1. The Balaban J connectivity index is 1.47. The average molecular weight is 403 g/mol. The zero-order chi connectivity index (χ0) is 19.6. The number of sulfonamides is 1. The Labute approximate surface area is 166 Å². The predicted octanol–water partition coefficient (Wildman–Crippen LogP) is 1.44. The van der Waals surface area contributed by atoms with Crippen molar-refractivity contribution in [2.24, 2.45) is 5.14 Å². The standard InChI is InChI=1S/C19H26N6O2S/c20-28(26,27)17-7-3-2-6-16(17)23-10-12-25(13-11-23)19-14-18(21-15-22-19)24-8-4-1-5-9-24/h2-3,6-7,14-15H,1,4-5,8-13H2,(H2,20,26,27). The number of rotatable bonds is 4. The zero-order valence-electron chi connectivity index (χ0n) is 15.9. The van der Waals surface area contributed by atoms with Gasteiger partial charge in [-0.15, -0.1) is 0 Å². The lowest BCUT2D eigenvalue weighted by molar-refractivity contribution is 0.572. The fourth-order valence-corrected chi connectivity index (χ4v) is 4.70. The van der Waals surface area contributed by atoms with Crippen molar-refractivity contribution in [1.29, 1.82) is 0 Å². The molecule has 0 saturated carbocycles. The van der Waals surface area contributed by atoms with Crippen molar-refractivity contribution in [2.45, 2.75) is 24.2 Å². The molecule has 2 fully saturated rings. The largest absolute Gasteiger partial charge is 0.367 e. The van der Waals surface area contributed by atoms with Gasteiger partial charge in [-0.1, -0.05) is 12.1 Å². The lowest BCUT2D eigenvalue weighted by atomic mass is 10.1. The lowest BCUT2D eigenvalue weighted by Gasteiger charge is -2.37. The van der Waals surface area contributed by atoms with Gasteiger partial charge in [-0.3, -0.25) is 0 Å². The number of piperazine rings is 1. The third-order valence-electron chi connectivity index (χ3n) is 5.43. The van der Waals surface area contributed by atoms with E-state index in [0.717, 1.165) is 37.8 Å². The molecule has 2 aliphatic rings. The van der Waals surface area contributed by atoms with Crippen LogP contribution in [0.15, 0.2) is 41.6 Å². The molecule has 0 unspecified atom stereocenters. The third-order valence-corrected chi connectivity index (χ3v) is 6.39. The SMILES string of the molecule is NS(=O)(=O)c1ccccc1N1CCN(c2cc(N3CCCCC3)ncn2)CC1. The average Bonchev–Trinajstić information content (AvgIpc) is 2.74. The predicted molar refractivity (Wildman–Crippen MR) is 110 cm³/mol. The van der Waals surface area contributed by atoms with Crippen molar-refractivity contribution < 1.29 is 8.42 Å². The van der Waals surface area contributed by atoms with Crippen molar-refractivity contribution in [1.82, 2.24) is 9.97 Å². The molecule has 150 valence electrons. The van der Waals surface area contributed by atoms with Gasteiger partial charge in [-0.05, 0) is 31.4 Å². The van der Waals surface area contributed by atoms with Crippen LogP contribution in [0, 0.1) is 0 Å². The molecular weight excluding hydrogens is 376 g/mol. The highest BCUT2D eigenvalue weighted by Crippen LogP contribution is 2.27. The van der Waals surface area contributed by atoms with Crippen LogP contribution in [0.5, 0.6) is 0 Å². The molecular formula is C19H26N6O2S. The summed E-state index contributed by atoms with van der Waals surface area (Å²) in [6.45, 7) is 5.03. The van der Waals surface area contributed by atoms with E-state index in [-0.39, 0.29) is 4.90 Å². The molecule has 0 radical (unpaired) electrons. The van der Waals surface area contributed by atoms with Crippen molar-refractivity contribution in [3.05, 3.63) is 36.7 Å². The Morgan fingerprint density at radius 3 is 2.00 bits per heavy atom. The summed E-state index contributed by atoms with van der Waals surface area (Å²) in [7, 11) is -3.75. The maximum atomic E-state index is 11.9. The van der Waals surface area contributed by atoms with E-state index >= 15 is 0 Å². The first-order valence-electron chi connectivity index (χ1n) is 9.71. The maximum Gasteiger partial charge on any atom is 0.240 e. The topological polar surface area (TPSA) is 95.7 Å². The summed E-state index contributed by atoms with van der Waals surface area (Å²) in [4.78, 5) is 15.7. The minimum Gasteiger partial charge on any atom is -0.367 e. The highest BCUT2D eigenvalue weighted by molar-refractivity contribution is 7.89. The van der Waals surface area contributed by atoms with E-state index < -0.39 is 10.0 Å². The van der Waals surface area contributed by atoms with Crippen LogP contribution in [0.4, 0.5) is 17.3 Å². The molecule has 0 bridgehead atoms. The van der Waals surface area contributed by atoms with Crippen LogP contribution in [0.1, 0.15) is 19.3 Å². The Bertz CT molecular complexity index is 922. The van der Waals surface area contributed by atoms with Crippen LogP contribution in [-0.4, -0.2) is 57.7 Å². The van der Waals surface area contributed by atoms with E-state index in [1.54, 1.807) is 18.5 Å². The van der Waals surface area contributed by atoms with E-state index in [1.165, 1.54) is 19.3 Å². The van der Waals surface area contributed by atoms with Gasteiger partial charge < -0.3 is 14.7 Å². The first kappa shape index (κ1) is 18.9. The summed E-state index contributed by atoms with van der Waals surface area (Å²) >= 11 is 0. The van der Waals surface area contributed by atoms with Crippen LogP contribution < -0.4 is 19.8 Å². The second-order valence-electron chi connectivity index (χ2n) is 7.27. The quantitative estimate of drug-likeness (QED) is 0.827.